The Hall–Kier alpha value is -1.85. The molecule has 2 fully saturated rings. The van der Waals surface area contributed by atoms with Gasteiger partial charge in [0.25, 0.3) is 0 Å². The Morgan fingerprint density at radius 1 is 1.22 bits per heavy atom. The highest BCUT2D eigenvalue weighted by Crippen LogP contribution is 2.37. The van der Waals surface area contributed by atoms with Gasteiger partial charge in [0.05, 0.1) is 5.60 Å². The van der Waals surface area contributed by atoms with Crippen LogP contribution in [0.5, 0.6) is 0 Å². The number of ether oxygens (including phenoxy) is 1. The van der Waals surface area contributed by atoms with Crippen LogP contribution in [0.3, 0.4) is 0 Å². The Morgan fingerprint density at radius 2 is 2.00 bits per heavy atom. The first-order valence-corrected chi connectivity index (χ1v) is 10.3. The summed E-state index contributed by atoms with van der Waals surface area (Å²) in [5.74, 6) is 0.401. The van der Waals surface area contributed by atoms with E-state index in [1.165, 1.54) is 19.3 Å². The molecule has 1 aliphatic heterocycles. The van der Waals surface area contributed by atoms with Gasteiger partial charge in [0, 0.05) is 55.6 Å². The van der Waals surface area contributed by atoms with Crippen molar-refractivity contribution in [2.75, 3.05) is 19.8 Å². The molecule has 1 amide bonds. The van der Waals surface area contributed by atoms with Crippen LogP contribution < -0.4 is 5.32 Å². The van der Waals surface area contributed by atoms with Gasteiger partial charge in [-0.1, -0.05) is 31.4 Å². The second kappa shape index (κ2) is 8.03. The van der Waals surface area contributed by atoms with Crippen molar-refractivity contribution in [3.63, 3.8) is 0 Å². The van der Waals surface area contributed by atoms with Crippen LogP contribution in [0.4, 0.5) is 0 Å². The molecule has 1 saturated carbocycles. The van der Waals surface area contributed by atoms with Gasteiger partial charge in [-0.25, -0.2) is 0 Å². The fourth-order valence-electron chi connectivity index (χ4n) is 4.65. The summed E-state index contributed by atoms with van der Waals surface area (Å²) in [6, 6.07) is 6.08. The van der Waals surface area contributed by atoms with Crippen molar-refractivity contribution in [2.45, 2.75) is 57.0 Å². The number of H-pyrrole nitrogens is 1. The summed E-state index contributed by atoms with van der Waals surface area (Å²) in [5, 5.41) is 15.4. The minimum atomic E-state index is -0.833. The number of aromatic nitrogens is 1. The van der Waals surface area contributed by atoms with Gasteiger partial charge in [-0.15, -0.1) is 0 Å². The zero-order valence-electron chi connectivity index (χ0n) is 15.9. The number of rotatable bonds is 5. The summed E-state index contributed by atoms with van der Waals surface area (Å²) < 4.78 is 5.44. The quantitative estimate of drug-likeness (QED) is 0.755. The van der Waals surface area contributed by atoms with Crippen molar-refractivity contribution >= 4 is 16.8 Å². The first kappa shape index (κ1) is 18.5. The fourth-order valence-corrected chi connectivity index (χ4v) is 4.65. The van der Waals surface area contributed by atoms with Gasteiger partial charge >= 0.3 is 0 Å². The molecule has 2 aliphatic rings. The maximum atomic E-state index is 12.4. The third-order valence-electron chi connectivity index (χ3n) is 6.28. The van der Waals surface area contributed by atoms with Crippen molar-refractivity contribution < 1.29 is 14.6 Å². The number of nitrogens with one attached hydrogen (secondary N) is 2. The number of amides is 1. The SMILES string of the molecule is O=C(NCCc1c[nH]c2cccc(C3(O)CCOCC3)c12)C1CCCCC1. The summed E-state index contributed by atoms with van der Waals surface area (Å²) >= 11 is 0. The molecule has 1 saturated heterocycles. The summed E-state index contributed by atoms with van der Waals surface area (Å²) in [6.07, 6.45) is 9.68. The first-order valence-electron chi connectivity index (χ1n) is 10.3. The molecule has 2 heterocycles. The lowest BCUT2D eigenvalue weighted by Crippen LogP contribution is -2.34. The van der Waals surface area contributed by atoms with Crippen molar-refractivity contribution in [1.82, 2.24) is 10.3 Å². The normalized spacial score (nSPS) is 20.6. The summed E-state index contributed by atoms with van der Waals surface area (Å²) in [5.41, 5.74) is 2.35. The summed E-state index contributed by atoms with van der Waals surface area (Å²) in [4.78, 5) is 15.7. The molecule has 5 heteroatoms. The van der Waals surface area contributed by atoms with Gasteiger partial charge in [0.15, 0.2) is 0 Å². The predicted molar refractivity (Wildman–Crippen MR) is 106 cm³/mol. The molecule has 1 aliphatic carbocycles. The molecular weight excluding hydrogens is 340 g/mol. The van der Waals surface area contributed by atoms with Crippen LogP contribution in [0, 0.1) is 5.92 Å². The lowest BCUT2D eigenvalue weighted by Gasteiger charge is -2.33. The molecule has 1 aromatic carbocycles. The van der Waals surface area contributed by atoms with Gasteiger partial charge in [0.2, 0.25) is 5.91 Å². The number of benzene rings is 1. The van der Waals surface area contributed by atoms with E-state index in [2.05, 4.69) is 10.3 Å². The lowest BCUT2D eigenvalue weighted by atomic mass is 9.83. The van der Waals surface area contributed by atoms with Crippen LogP contribution in [-0.4, -0.2) is 35.8 Å². The molecule has 3 N–H and O–H groups in total. The summed E-state index contributed by atoms with van der Waals surface area (Å²) in [7, 11) is 0. The molecule has 0 unspecified atom stereocenters. The van der Waals surface area contributed by atoms with Crippen molar-refractivity contribution in [3.8, 4) is 0 Å². The van der Waals surface area contributed by atoms with E-state index in [0.29, 0.717) is 32.6 Å². The van der Waals surface area contributed by atoms with Crippen LogP contribution in [-0.2, 0) is 21.6 Å². The molecule has 1 aromatic heterocycles. The predicted octanol–water partition coefficient (Wildman–Crippen LogP) is 3.40. The molecular formula is C22H30N2O3. The minimum Gasteiger partial charge on any atom is -0.385 e. The second-order valence-corrected chi connectivity index (χ2v) is 8.06. The number of aromatic amines is 1. The number of hydrogen-bond donors (Lipinski definition) is 3. The van der Waals surface area contributed by atoms with Crippen molar-refractivity contribution in [2.24, 2.45) is 5.92 Å². The van der Waals surface area contributed by atoms with Crippen molar-refractivity contribution in [1.29, 1.82) is 0 Å². The molecule has 0 spiro atoms. The molecule has 2 aromatic rings. The Balaban J connectivity index is 1.48. The van der Waals surface area contributed by atoms with Crippen LogP contribution in [0.2, 0.25) is 0 Å². The van der Waals surface area contributed by atoms with Crippen LogP contribution in [0.25, 0.3) is 10.9 Å². The van der Waals surface area contributed by atoms with Gasteiger partial charge < -0.3 is 20.1 Å². The fraction of sp³-hybridized carbons (Fsp3) is 0.591. The Morgan fingerprint density at radius 3 is 2.78 bits per heavy atom. The van der Waals surface area contributed by atoms with E-state index in [9.17, 15) is 9.90 Å². The molecule has 0 radical (unpaired) electrons. The molecule has 4 rings (SSSR count). The molecule has 27 heavy (non-hydrogen) atoms. The molecule has 146 valence electrons. The molecule has 5 nitrogen and oxygen atoms in total. The highest BCUT2D eigenvalue weighted by atomic mass is 16.5. The van der Waals surface area contributed by atoms with Gasteiger partial charge in [-0.3, -0.25) is 4.79 Å². The van der Waals surface area contributed by atoms with E-state index in [-0.39, 0.29) is 11.8 Å². The van der Waals surface area contributed by atoms with Gasteiger partial charge in [-0.2, -0.15) is 0 Å². The Kier molecular flexibility index (Phi) is 5.50. The van der Waals surface area contributed by atoms with Crippen LogP contribution >= 0.6 is 0 Å². The topological polar surface area (TPSA) is 74.4 Å². The zero-order valence-corrected chi connectivity index (χ0v) is 15.9. The third-order valence-corrected chi connectivity index (χ3v) is 6.28. The van der Waals surface area contributed by atoms with Crippen LogP contribution in [0.1, 0.15) is 56.1 Å². The first-order chi connectivity index (χ1) is 13.2. The Labute approximate surface area is 160 Å². The van der Waals surface area contributed by atoms with E-state index < -0.39 is 5.60 Å². The zero-order chi connectivity index (χ0) is 18.7. The third kappa shape index (κ3) is 3.90. The Bertz CT molecular complexity index is 786. The van der Waals surface area contributed by atoms with E-state index >= 15 is 0 Å². The van der Waals surface area contributed by atoms with E-state index in [0.717, 1.165) is 41.3 Å². The van der Waals surface area contributed by atoms with E-state index in [1.54, 1.807) is 0 Å². The maximum absolute atomic E-state index is 12.4. The average molecular weight is 370 g/mol. The largest absolute Gasteiger partial charge is 0.385 e. The maximum Gasteiger partial charge on any atom is 0.223 e. The number of carbonyl (C=O) groups is 1. The van der Waals surface area contributed by atoms with Gasteiger partial charge in [0.1, 0.15) is 0 Å². The number of fused-ring (bicyclic) bond motifs is 1. The monoisotopic (exact) mass is 370 g/mol. The van der Waals surface area contributed by atoms with E-state index in [1.807, 2.05) is 24.4 Å². The summed E-state index contributed by atoms with van der Waals surface area (Å²) in [6.45, 7) is 1.81. The number of aliphatic hydroxyl groups is 1. The van der Waals surface area contributed by atoms with Crippen LogP contribution in [0.15, 0.2) is 24.4 Å². The molecule has 0 atom stereocenters. The highest BCUT2D eigenvalue weighted by molar-refractivity contribution is 5.87. The lowest BCUT2D eigenvalue weighted by molar-refractivity contribution is -0.125. The number of carbonyl (C=O) groups excluding carboxylic acids is 1. The van der Waals surface area contributed by atoms with Gasteiger partial charge in [-0.05, 0) is 36.5 Å². The average Bonchev–Trinajstić information content (AvgIpc) is 3.12. The van der Waals surface area contributed by atoms with E-state index in [4.69, 9.17) is 4.74 Å². The number of hydrogen-bond acceptors (Lipinski definition) is 3. The molecule has 0 bridgehead atoms. The highest BCUT2D eigenvalue weighted by Gasteiger charge is 2.34. The second-order valence-electron chi connectivity index (χ2n) is 8.06. The minimum absolute atomic E-state index is 0.195. The standard InChI is InChI=1S/C22H30N2O3/c25-21(16-5-2-1-3-6-16)23-12-9-17-15-24-19-8-4-7-18(20(17)19)22(26)10-13-27-14-11-22/h4,7-8,15-16,24,26H,1-3,5-6,9-14H2,(H,23,25). The van der Waals surface area contributed by atoms with Crippen molar-refractivity contribution in [3.05, 3.63) is 35.5 Å². The smallest absolute Gasteiger partial charge is 0.223 e.